The van der Waals surface area contributed by atoms with Crippen LogP contribution in [0, 0.1) is 3.57 Å². The van der Waals surface area contributed by atoms with Gasteiger partial charge in [0.1, 0.15) is 11.5 Å². The first-order valence-electron chi connectivity index (χ1n) is 8.40. The van der Waals surface area contributed by atoms with Crippen molar-refractivity contribution in [1.29, 1.82) is 0 Å². The van der Waals surface area contributed by atoms with Gasteiger partial charge >= 0.3 is 0 Å². The van der Waals surface area contributed by atoms with Crippen molar-refractivity contribution in [1.82, 2.24) is 4.98 Å². The monoisotopic (exact) mass is 450 g/mol. The summed E-state index contributed by atoms with van der Waals surface area (Å²) in [5.41, 5.74) is 10.3. The molecule has 0 saturated heterocycles. The SMILES string of the molecule is COc1ccc(-c2[nH]c3ccc(I)cc3c2CCCCN)c(OC)c1. The molecule has 0 radical (unpaired) electrons. The maximum Gasteiger partial charge on any atom is 0.131 e. The molecule has 3 rings (SSSR count). The Kier molecular flexibility index (Phi) is 5.86. The van der Waals surface area contributed by atoms with Crippen LogP contribution in [0.2, 0.25) is 0 Å². The Morgan fingerprint density at radius 3 is 2.60 bits per heavy atom. The first-order chi connectivity index (χ1) is 12.2. The van der Waals surface area contributed by atoms with Crippen LogP contribution >= 0.6 is 22.6 Å². The zero-order chi connectivity index (χ0) is 17.8. The van der Waals surface area contributed by atoms with Gasteiger partial charge in [-0.1, -0.05) is 0 Å². The molecule has 3 N–H and O–H groups in total. The molecule has 5 heteroatoms. The van der Waals surface area contributed by atoms with E-state index in [2.05, 4.69) is 51.8 Å². The van der Waals surface area contributed by atoms with Gasteiger partial charge in [0.05, 0.1) is 19.9 Å². The number of aromatic nitrogens is 1. The summed E-state index contributed by atoms with van der Waals surface area (Å²) in [5.74, 6) is 1.59. The summed E-state index contributed by atoms with van der Waals surface area (Å²) in [6, 6.07) is 12.5. The van der Waals surface area contributed by atoms with Gasteiger partial charge in [-0.3, -0.25) is 0 Å². The van der Waals surface area contributed by atoms with Crippen molar-refractivity contribution in [3.63, 3.8) is 0 Å². The van der Waals surface area contributed by atoms with Gasteiger partial charge in [0.25, 0.3) is 0 Å². The highest BCUT2D eigenvalue weighted by Gasteiger charge is 2.17. The number of unbranched alkanes of at least 4 members (excludes halogenated alkanes) is 1. The highest BCUT2D eigenvalue weighted by atomic mass is 127. The Hall–Kier alpha value is -1.73. The molecule has 0 atom stereocenters. The lowest BCUT2D eigenvalue weighted by molar-refractivity contribution is 0.395. The minimum atomic E-state index is 0.723. The molecule has 0 bridgehead atoms. The van der Waals surface area contributed by atoms with Crippen LogP contribution in [0.25, 0.3) is 22.2 Å². The van der Waals surface area contributed by atoms with Crippen LogP contribution in [-0.4, -0.2) is 25.7 Å². The van der Waals surface area contributed by atoms with Crippen LogP contribution in [0.4, 0.5) is 0 Å². The van der Waals surface area contributed by atoms with E-state index in [0.717, 1.165) is 54.1 Å². The highest BCUT2D eigenvalue weighted by molar-refractivity contribution is 14.1. The summed E-state index contributed by atoms with van der Waals surface area (Å²) < 4.78 is 12.2. The van der Waals surface area contributed by atoms with Crippen molar-refractivity contribution in [2.24, 2.45) is 5.73 Å². The number of nitrogens with two attached hydrogens (primary N) is 1. The van der Waals surface area contributed by atoms with Gasteiger partial charge in [-0.15, -0.1) is 0 Å². The molecule has 0 aliphatic carbocycles. The Balaban J connectivity index is 2.16. The van der Waals surface area contributed by atoms with E-state index in [4.69, 9.17) is 15.2 Å². The molecule has 132 valence electrons. The standard InChI is InChI=1S/C20H23IN2O2/c1-24-14-7-8-16(19(12-14)25-2)20-15(5-3-4-10-22)17-11-13(21)6-9-18(17)23-20/h6-9,11-12,23H,3-5,10,22H2,1-2H3. The van der Waals surface area contributed by atoms with Crippen molar-refractivity contribution in [3.8, 4) is 22.8 Å². The largest absolute Gasteiger partial charge is 0.497 e. The first kappa shape index (κ1) is 18.1. The first-order valence-corrected chi connectivity index (χ1v) is 9.48. The number of halogens is 1. The van der Waals surface area contributed by atoms with Crippen LogP contribution in [0.1, 0.15) is 18.4 Å². The van der Waals surface area contributed by atoms with Crippen molar-refractivity contribution >= 4 is 33.5 Å². The summed E-state index contributed by atoms with van der Waals surface area (Å²) >= 11 is 2.36. The predicted molar refractivity (Wildman–Crippen MR) is 112 cm³/mol. The second-order valence-electron chi connectivity index (χ2n) is 5.98. The Bertz CT molecular complexity index is 874. The molecule has 0 aliphatic rings. The minimum absolute atomic E-state index is 0.723. The highest BCUT2D eigenvalue weighted by Crippen LogP contribution is 2.38. The Labute approximate surface area is 161 Å². The maximum absolute atomic E-state index is 5.69. The van der Waals surface area contributed by atoms with E-state index in [1.54, 1.807) is 14.2 Å². The molecule has 3 aromatic rings. The second kappa shape index (κ2) is 8.10. The third kappa shape index (κ3) is 3.77. The lowest BCUT2D eigenvalue weighted by Crippen LogP contribution is -1.99. The quantitative estimate of drug-likeness (QED) is 0.404. The third-order valence-electron chi connectivity index (χ3n) is 4.43. The third-order valence-corrected chi connectivity index (χ3v) is 5.10. The van der Waals surface area contributed by atoms with Crippen LogP contribution in [0.15, 0.2) is 36.4 Å². The molecule has 0 amide bonds. The van der Waals surface area contributed by atoms with Crippen molar-refractivity contribution < 1.29 is 9.47 Å². The van der Waals surface area contributed by atoms with E-state index < -0.39 is 0 Å². The molecule has 1 heterocycles. The average molecular weight is 450 g/mol. The van der Waals surface area contributed by atoms with Crippen molar-refractivity contribution in [2.45, 2.75) is 19.3 Å². The van der Waals surface area contributed by atoms with Crippen LogP contribution in [0.3, 0.4) is 0 Å². The maximum atomic E-state index is 5.69. The molecule has 25 heavy (non-hydrogen) atoms. The molecule has 0 spiro atoms. The Morgan fingerprint density at radius 2 is 1.88 bits per heavy atom. The normalized spacial score (nSPS) is 11.0. The molecule has 1 aromatic heterocycles. The molecular weight excluding hydrogens is 427 g/mol. The number of H-pyrrole nitrogens is 1. The second-order valence-corrected chi connectivity index (χ2v) is 7.23. The topological polar surface area (TPSA) is 60.3 Å². The van der Waals surface area contributed by atoms with Crippen LogP contribution in [-0.2, 0) is 6.42 Å². The molecule has 0 unspecified atom stereocenters. The summed E-state index contributed by atoms with van der Waals surface area (Å²) in [6.07, 6.45) is 3.08. The van der Waals surface area contributed by atoms with Gasteiger partial charge in [0.15, 0.2) is 0 Å². The van der Waals surface area contributed by atoms with Gasteiger partial charge in [-0.25, -0.2) is 0 Å². The zero-order valence-corrected chi connectivity index (χ0v) is 16.7. The number of aryl methyl sites for hydroxylation is 1. The number of rotatable bonds is 7. The molecule has 0 aliphatic heterocycles. The number of ether oxygens (including phenoxy) is 2. The summed E-state index contributed by atoms with van der Waals surface area (Å²) in [7, 11) is 3.36. The fourth-order valence-electron chi connectivity index (χ4n) is 3.16. The van der Waals surface area contributed by atoms with E-state index in [1.807, 2.05) is 12.1 Å². The smallest absolute Gasteiger partial charge is 0.131 e. The number of hydrogen-bond donors (Lipinski definition) is 2. The number of aromatic amines is 1. The van der Waals surface area contributed by atoms with E-state index in [1.165, 1.54) is 14.5 Å². The number of fused-ring (bicyclic) bond motifs is 1. The molecule has 2 aromatic carbocycles. The van der Waals surface area contributed by atoms with Gasteiger partial charge in [0.2, 0.25) is 0 Å². The van der Waals surface area contributed by atoms with Crippen molar-refractivity contribution in [3.05, 3.63) is 45.5 Å². The van der Waals surface area contributed by atoms with E-state index in [-0.39, 0.29) is 0 Å². The fraction of sp³-hybridized carbons (Fsp3) is 0.300. The average Bonchev–Trinajstić information content (AvgIpc) is 2.99. The van der Waals surface area contributed by atoms with E-state index in [9.17, 15) is 0 Å². The lowest BCUT2D eigenvalue weighted by atomic mass is 9.99. The molecule has 0 saturated carbocycles. The van der Waals surface area contributed by atoms with Gasteiger partial charge < -0.3 is 20.2 Å². The molecular formula is C20H23IN2O2. The van der Waals surface area contributed by atoms with Crippen molar-refractivity contribution in [2.75, 3.05) is 20.8 Å². The number of nitrogens with one attached hydrogen (secondary N) is 1. The summed E-state index contributed by atoms with van der Waals surface area (Å²) in [4.78, 5) is 3.59. The number of hydrogen-bond acceptors (Lipinski definition) is 3. The molecule has 0 fully saturated rings. The van der Waals surface area contributed by atoms with E-state index >= 15 is 0 Å². The summed E-state index contributed by atoms with van der Waals surface area (Å²) in [6.45, 7) is 0.723. The van der Waals surface area contributed by atoms with Gasteiger partial charge in [-0.05, 0) is 84.3 Å². The van der Waals surface area contributed by atoms with E-state index in [0.29, 0.717) is 0 Å². The summed E-state index contributed by atoms with van der Waals surface area (Å²) in [5, 5.41) is 1.27. The number of methoxy groups -OCH3 is 2. The zero-order valence-electron chi connectivity index (χ0n) is 14.6. The Morgan fingerprint density at radius 1 is 1.04 bits per heavy atom. The van der Waals surface area contributed by atoms with Crippen LogP contribution in [0.5, 0.6) is 11.5 Å². The lowest BCUT2D eigenvalue weighted by Gasteiger charge is -2.11. The van der Waals surface area contributed by atoms with Gasteiger partial charge in [-0.2, -0.15) is 0 Å². The number of benzene rings is 2. The van der Waals surface area contributed by atoms with Crippen LogP contribution < -0.4 is 15.2 Å². The van der Waals surface area contributed by atoms with Gasteiger partial charge in [0, 0.05) is 26.1 Å². The predicted octanol–water partition coefficient (Wildman–Crippen LogP) is 4.74. The fourth-order valence-corrected chi connectivity index (χ4v) is 3.65. The minimum Gasteiger partial charge on any atom is -0.497 e. The molecule has 4 nitrogen and oxygen atoms in total.